The molecule has 23 heavy (non-hydrogen) atoms. The fraction of sp³-hybridized carbons (Fsp3) is 0.211. The average molecular weight is 307 g/mol. The van der Waals surface area contributed by atoms with Crippen LogP contribution in [-0.4, -0.2) is 15.3 Å². The van der Waals surface area contributed by atoms with E-state index in [1.54, 1.807) is 0 Å². The normalized spacial score (nSPS) is 10.9. The van der Waals surface area contributed by atoms with E-state index in [1.807, 2.05) is 30.5 Å². The Morgan fingerprint density at radius 3 is 2.39 bits per heavy atom. The van der Waals surface area contributed by atoms with Crippen LogP contribution in [0.1, 0.15) is 22.3 Å². The van der Waals surface area contributed by atoms with E-state index >= 15 is 0 Å². The molecule has 0 aliphatic rings. The predicted molar refractivity (Wildman–Crippen MR) is 91.7 cm³/mol. The lowest BCUT2D eigenvalue weighted by atomic mass is 10.1. The molecule has 3 N–H and O–H groups in total. The van der Waals surface area contributed by atoms with Crippen molar-refractivity contribution in [2.75, 3.05) is 0 Å². The number of nitrogens with one attached hydrogen (secondary N) is 2. The Bertz CT molecular complexity index is 762. The molecule has 2 aromatic carbocycles. The summed E-state index contributed by atoms with van der Waals surface area (Å²) in [4.78, 5) is 0. The first-order chi connectivity index (χ1) is 11.3. The summed E-state index contributed by atoms with van der Waals surface area (Å²) in [5.41, 5.74) is 6.65. The highest BCUT2D eigenvalue weighted by Gasteiger charge is 2.08. The Hall–Kier alpha value is -2.43. The summed E-state index contributed by atoms with van der Waals surface area (Å²) in [6.07, 6.45) is 1.86. The van der Waals surface area contributed by atoms with E-state index in [0.29, 0.717) is 0 Å². The van der Waals surface area contributed by atoms with Gasteiger partial charge in [0.05, 0.1) is 18.5 Å². The molecular formula is C19H21N3O. The van der Waals surface area contributed by atoms with Crippen molar-refractivity contribution in [1.82, 2.24) is 15.5 Å². The van der Waals surface area contributed by atoms with Gasteiger partial charge < -0.3 is 10.4 Å². The summed E-state index contributed by atoms with van der Waals surface area (Å²) in [7, 11) is 0. The number of aromatic amines is 1. The van der Waals surface area contributed by atoms with Crippen molar-refractivity contribution in [3.8, 4) is 11.3 Å². The first-order valence-corrected chi connectivity index (χ1v) is 7.75. The topological polar surface area (TPSA) is 60.9 Å². The van der Waals surface area contributed by atoms with Gasteiger partial charge in [0.15, 0.2) is 0 Å². The Morgan fingerprint density at radius 2 is 1.65 bits per heavy atom. The molecule has 1 aromatic heterocycles. The van der Waals surface area contributed by atoms with E-state index in [0.717, 1.165) is 41.0 Å². The van der Waals surface area contributed by atoms with E-state index in [1.165, 1.54) is 5.56 Å². The molecule has 0 radical (unpaired) electrons. The minimum atomic E-state index is 0.0676. The second kappa shape index (κ2) is 7.22. The number of aliphatic hydroxyl groups excluding tert-OH is 1. The third-order valence-electron chi connectivity index (χ3n) is 3.98. The molecule has 0 saturated carbocycles. The third-order valence-corrected chi connectivity index (χ3v) is 3.98. The zero-order chi connectivity index (χ0) is 16.1. The van der Waals surface area contributed by atoms with Crippen LogP contribution in [0.25, 0.3) is 11.3 Å². The second-order valence-electron chi connectivity index (χ2n) is 5.67. The highest BCUT2D eigenvalue weighted by atomic mass is 16.3. The molecule has 4 nitrogen and oxygen atoms in total. The number of rotatable bonds is 6. The number of hydrogen-bond acceptors (Lipinski definition) is 3. The standard InChI is InChI=1S/C19H21N3O/c1-14-6-8-15(9-7-14)19-18(12-21-22-19)11-20-10-16-4-2-3-5-17(16)13-23/h2-9,12,20,23H,10-11,13H2,1H3,(H,21,22). The monoisotopic (exact) mass is 307 g/mol. The third kappa shape index (κ3) is 3.67. The molecule has 0 aliphatic heterocycles. The number of hydrogen-bond donors (Lipinski definition) is 3. The summed E-state index contributed by atoms with van der Waals surface area (Å²) in [6, 6.07) is 16.3. The van der Waals surface area contributed by atoms with Crippen LogP contribution in [0.4, 0.5) is 0 Å². The summed E-state index contributed by atoms with van der Waals surface area (Å²) in [5.74, 6) is 0. The Labute approximate surface area is 136 Å². The summed E-state index contributed by atoms with van der Waals surface area (Å²) in [5, 5.41) is 20.1. The number of H-pyrrole nitrogens is 1. The summed E-state index contributed by atoms with van der Waals surface area (Å²) in [6.45, 7) is 3.59. The number of nitrogens with zero attached hydrogens (tertiary/aromatic N) is 1. The number of benzene rings is 2. The van der Waals surface area contributed by atoms with Crippen molar-refractivity contribution in [1.29, 1.82) is 0 Å². The summed E-state index contributed by atoms with van der Waals surface area (Å²) < 4.78 is 0. The van der Waals surface area contributed by atoms with Crippen LogP contribution in [0.2, 0.25) is 0 Å². The lowest BCUT2D eigenvalue weighted by molar-refractivity contribution is 0.280. The van der Waals surface area contributed by atoms with Crippen LogP contribution in [0, 0.1) is 6.92 Å². The van der Waals surface area contributed by atoms with Gasteiger partial charge in [-0.3, -0.25) is 5.10 Å². The van der Waals surface area contributed by atoms with E-state index in [4.69, 9.17) is 0 Å². The Kier molecular flexibility index (Phi) is 4.86. The van der Waals surface area contributed by atoms with Crippen LogP contribution < -0.4 is 5.32 Å². The lowest BCUT2D eigenvalue weighted by Gasteiger charge is -2.09. The minimum absolute atomic E-state index is 0.0676. The largest absolute Gasteiger partial charge is 0.392 e. The molecule has 3 rings (SSSR count). The minimum Gasteiger partial charge on any atom is -0.392 e. The van der Waals surface area contributed by atoms with Crippen molar-refractivity contribution in [2.45, 2.75) is 26.6 Å². The Morgan fingerprint density at radius 1 is 0.957 bits per heavy atom. The maximum atomic E-state index is 9.37. The van der Waals surface area contributed by atoms with Crippen molar-refractivity contribution in [3.63, 3.8) is 0 Å². The Balaban J connectivity index is 1.68. The van der Waals surface area contributed by atoms with E-state index < -0.39 is 0 Å². The lowest BCUT2D eigenvalue weighted by Crippen LogP contribution is -2.14. The van der Waals surface area contributed by atoms with E-state index in [2.05, 4.69) is 46.7 Å². The van der Waals surface area contributed by atoms with E-state index in [9.17, 15) is 5.11 Å². The van der Waals surface area contributed by atoms with Crippen LogP contribution in [0.3, 0.4) is 0 Å². The molecule has 3 aromatic rings. The average Bonchev–Trinajstić information content (AvgIpc) is 3.04. The molecule has 0 unspecified atom stereocenters. The molecule has 0 atom stereocenters. The highest BCUT2D eigenvalue weighted by Crippen LogP contribution is 2.21. The fourth-order valence-corrected chi connectivity index (χ4v) is 2.63. The van der Waals surface area contributed by atoms with Gasteiger partial charge >= 0.3 is 0 Å². The molecule has 4 heteroatoms. The molecular weight excluding hydrogens is 286 g/mol. The van der Waals surface area contributed by atoms with Crippen LogP contribution >= 0.6 is 0 Å². The number of aromatic nitrogens is 2. The number of aliphatic hydroxyl groups is 1. The van der Waals surface area contributed by atoms with Crippen molar-refractivity contribution in [3.05, 3.63) is 77.0 Å². The molecule has 0 amide bonds. The quantitative estimate of drug-likeness (QED) is 0.655. The predicted octanol–water partition coefficient (Wildman–Crippen LogP) is 3.17. The zero-order valence-electron chi connectivity index (χ0n) is 13.2. The van der Waals surface area contributed by atoms with Crippen molar-refractivity contribution in [2.24, 2.45) is 0 Å². The molecule has 0 spiro atoms. The molecule has 118 valence electrons. The molecule has 0 aliphatic carbocycles. The number of aryl methyl sites for hydroxylation is 1. The van der Waals surface area contributed by atoms with Gasteiger partial charge in [-0.25, -0.2) is 0 Å². The van der Waals surface area contributed by atoms with E-state index in [-0.39, 0.29) is 6.61 Å². The molecule has 0 bridgehead atoms. The van der Waals surface area contributed by atoms with Gasteiger partial charge in [0.1, 0.15) is 0 Å². The van der Waals surface area contributed by atoms with Crippen LogP contribution in [0.15, 0.2) is 54.7 Å². The van der Waals surface area contributed by atoms with Crippen LogP contribution in [-0.2, 0) is 19.7 Å². The van der Waals surface area contributed by atoms with Crippen molar-refractivity contribution >= 4 is 0 Å². The van der Waals surface area contributed by atoms with Gasteiger partial charge in [-0.2, -0.15) is 5.10 Å². The van der Waals surface area contributed by atoms with Gasteiger partial charge in [0.2, 0.25) is 0 Å². The van der Waals surface area contributed by atoms with Crippen molar-refractivity contribution < 1.29 is 5.11 Å². The van der Waals surface area contributed by atoms with Gasteiger partial charge in [-0.1, -0.05) is 54.1 Å². The van der Waals surface area contributed by atoms with Gasteiger partial charge in [-0.05, 0) is 23.6 Å². The van der Waals surface area contributed by atoms with Gasteiger partial charge in [0.25, 0.3) is 0 Å². The smallest absolute Gasteiger partial charge is 0.0695 e. The second-order valence-corrected chi connectivity index (χ2v) is 5.67. The fourth-order valence-electron chi connectivity index (χ4n) is 2.63. The molecule has 1 heterocycles. The first kappa shape index (κ1) is 15.5. The SMILES string of the molecule is Cc1ccc(-c2[nH]ncc2CNCc2ccccc2CO)cc1. The van der Waals surface area contributed by atoms with Crippen LogP contribution in [0.5, 0.6) is 0 Å². The van der Waals surface area contributed by atoms with Gasteiger partial charge in [-0.15, -0.1) is 0 Å². The molecule has 0 saturated heterocycles. The maximum absolute atomic E-state index is 9.37. The maximum Gasteiger partial charge on any atom is 0.0695 e. The van der Waals surface area contributed by atoms with Gasteiger partial charge in [0, 0.05) is 18.7 Å². The zero-order valence-corrected chi connectivity index (χ0v) is 13.2. The first-order valence-electron chi connectivity index (χ1n) is 7.75. The highest BCUT2D eigenvalue weighted by molar-refractivity contribution is 5.62. The molecule has 0 fully saturated rings. The summed E-state index contributed by atoms with van der Waals surface area (Å²) >= 11 is 0.